The van der Waals surface area contributed by atoms with Gasteiger partial charge in [0.2, 0.25) is 0 Å². The van der Waals surface area contributed by atoms with Crippen molar-refractivity contribution in [2.45, 2.75) is 0 Å². The van der Waals surface area contributed by atoms with Gasteiger partial charge in [-0.05, 0) is 211 Å². The van der Waals surface area contributed by atoms with Gasteiger partial charge in [0.15, 0.2) is 0 Å². The zero-order valence-electron chi connectivity index (χ0n) is 71.2. The highest BCUT2D eigenvalue weighted by molar-refractivity contribution is 6.26. The van der Waals surface area contributed by atoms with E-state index >= 15 is 0 Å². The zero-order chi connectivity index (χ0) is 86.9. The van der Waals surface area contributed by atoms with E-state index < -0.39 is 0 Å². The third-order valence-corrected chi connectivity index (χ3v) is 26.7. The third kappa shape index (κ3) is 12.9. The van der Waals surface area contributed by atoms with Gasteiger partial charge in [-0.2, -0.15) is 0 Å². The lowest BCUT2D eigenvalue weighted by Crippen LogP contribution is -1.92. The highest BCUT2D eigenvalue weighted by atomic mass is 14.8. The Hall–Kier alpha value is -17.8. The number of aromatic nitrogens is 9. The van der Waals surface area contributed by atoms with Crippen molar-refractivity contribution in [2.24, 2.45) is 0 Å². The van der Waals surface area contributed by atoms with Crippen molar-refractivity contribution in [3.63, 3.8) is 0 Å². The minimum atomic E-state index is 0.848. The van der Waals surface area contributed by atoms with E-state index in [9.17, 15) is 0 Å². The number of hydrogen-bond acceptors (Lipinski definition) is 9. The minimum absolute atomic E-state index is 0.848. The lowest BCUT2D eigenvalue weighted by Gasteiger charge is -2.14. The third-order valence-electron chi connectivity index (χ3n) is 26.7. The molecule has 0 amide bonds. The van der Waals surface area contributed by atoms with E-state index in [1.807, 2.05) is 67.0 Å². The molecule has 0 fully saturated rings. The standard InChI is InChI=1S/C45H27N3.2C39H23N3/c1-2-7-36-35(6-1)38-9-5-8-37-34(23-24-39(36)43(37)38)28-11-13-30(14-12-28)41-25-21-32-19-20-33-22-26-42(48-45(33)44(32)47-41)31-17-15-29(16-18-31)40-10-3-4-27-46-40;1-2-10-31-30(9-1)33-12-4-11-32-29(17-18-34(31)37(32)33)26-6-3-7-27(22-26)35-19-15-24-13-14-25-16-20-36(28-8-5-21-40-23-28)42-39(25)38(24)41-35;1-2-23-40-34(6-1)35-22-18-30-14-13-29-17-21-33(41-38(29)39(30)42-35)25-9-7-24(8-10-25)31-19-15-28-12-11-26-4-3-5-27-16-20-32(31)37(28)36(26)27/h1-27H;2*1-23H. The van der Waals surface area contributed by atoms with E-state index in [1.54, 1.807) is 12.4 Å². The van der Waals surface area contributed by atoms with Crippen LogP contribution in [0.2, 0.25) is 0 Å². The van der Waals surface area contributed by atoms with Crippen molar-refractivity contribution < 1.29 is 0 Å². The first-order valence-corrected chi connectivity index (χ1v) is 44.7. The second-order valence-electron chi connectivity index (χ2n) is 34.1. The van der Waals surface area contributed by atoms with Crippen LogP contribution in [-0.4, -0.2) is 44.9 Å². The van der Waals surface area contributed by atoms with Crippen LogP contribution in [0.4, 0.5) is 0 Å². The smallest absolute Gasteiger partial charge is 0.0973 e. The van der Waals surface area contributed by atoms with Crippen molar-refractivity contribution in [3.05, 3.63) is 443 Å². The van der Waals surface area contributed by atoms with Gasteiger partial charge in [0, 0.05) is 90.5 Å². The Balaban J connectivity index is 0.000000104. The average molecular weight is 1680 g/mol. The van der Waals surface area contributed by atoms with E-state index in [4.69, 9.17) is 29.9 Å². The van der Waals surface area contributed by atoms with Crippen LogP contribution in [0, 0.1) is 0 Å². The molecule has 0 aliphatic heterocycles. The maximum Gasteiger partial charge on any atom is 0.0973 e. The van der Waals surface area contributed by atoms with Crippen LogP contribution in [0.5, 0.6) is 0 Å². The van der Waals surface area contributed by atoms with E-state index in [2.05, 4.69) is 379 Å². The molecule has 2 aliphatic carbocycles. The molecule has 0 unspecified atom stereocenters. The first-order valence-electron chi connectivity index (χ1n) is 44.7. The van der Waals surface area contributed by atoms with Gasteiger partial charge in [-0.15, -0.1) is 0 Å². The van der Waals surface area contributed by atoms with Crippen LogP contribution in [0.3, 0.4) is 0 Å². The van der Waals surface area contributed by atoms with Crippen molar-refractivity contribution in [1.82, 2.24) is 44.9 Å². The molecule has 0 atom stereocenters. The Morgan fingerprint density at radius 1 is 0.136 bits per heavy atom. The average Bonchev–Trinajstić information content (AvgIpc) is 1.71. The predicted octanol–water partition coefficient (Wildman–Crippen LogP) is 31.7. The normalized spacial score (nSPS) is 11.8. The molecule has 9 nitrogen and oxygen atoms in total. The van der Waals surface area contributed by atoms with Crippen molar-refractivity contribution in [1.29, 1.82) is 0 Å². The first-order chi connectivity index (χ1) is 65.4. The van der Waals surface area contributed by atoms with Crippen molar-refractivity contribution >= 4 is 119 Å². The quantitative estimate of drug-likeness (QED) is 0.123. The van der Waals surface area contributed by atoms with Gasteiger partial charge in [-0.1, -0.05) is 340 Å². The van der Waals surface area contributed by atoms with Gasteiger partial charge < -0.3 is 0 Å². The highest BCUT2D eigenvalue weighted by Crippen LogP contribution is 2.52. The van der Waals surface area contributed by atoms with Gasteiger partial charge in [-0.25, -0.2) is 29.9 Å². The van der Waals surface area contributed by atoms with Crippen LogP contribution in [0.15, 0.2) is 443 Å². The molecule has 0 spiro atoms. The van der Waals surface area contributed by atoms with Crippen LogP contribution in [0.1, 0.15) is 0 Å². The zero-order valence-corrected chi connectivity index (χ0v) is 71.2. The molecule has 17 aromatic carbocycles. The second kappa shape index (κ2) is 31.1. The Bertz CT molecular complexity index is 9110. The SMILES string of the molecule is c1ccc(-c2ccc(-c3ccc4ccc5ccc(-c6ccc(-c7ccc8c9c(cccc79)-c7ccccc7-8)cc6)nc5c4n3)cc2)nc1.c1ccc(-c2ccc3ccc4ccc(-c5ccc(-c6ccc7ccc8cccc9ccc6c7c89)cc5)nc4c3n2)nc1.c1cncc(-c2ccc3ccc4ccc(-c5cccc(-c6ccc7c8c(cccc68)-c6ccccc6-7)c5)nc4c3n2)c1. The summed E-state index contributed by atoms with van der Waals surface area (Å²) in [7, 11) is 0. The van der Waals surface area contributed by atoms with E-state index in [0.717, 1.165) is 144 Å². The fourth-order valence-corrected chi connectivity index (χ4v) is 20.2. The molecule has 0 saturated heterocycles. The topological polar surface area (TPSA) is 116 Å². The van der Waals surface area contributed by atoms with E-state index in [0.29, 0.717) is 0 Å². The summed E-state index contributed by atoms with van der Waals surface area (Å²) < 4.78 is 0. The lowest BCUT2D eigenvalue weighted by atomic mass is 9.89. The number of fused-ring (bicyclic) bond motifs is 15. The molecule has 9 heterocycles. The molecule has 610 valence electrons. The number of nitrogens with zero attached hydrogens (tertiary/aromatic N) is 9. The summed E-state index contributed by atoms with van der Waals surface area (Å²) in [6, 6.07) is 149. The van der Waals surface area contributed by atoms with Gasteiger partial charge >= 0.3 is 0 Å². The van der Waals surface area contributed by atoms with Gasteiger partial charge in [0.05, 0.1) is 78.7 Å². The highest BCUT2D eigenvalue weighted by Gasteiger charge is 2.26. The van der Waals surface area contributed by atoms with E-state index in [1.165, 1.54) is 132 Å². The molecule has 9 aromatic heterocycles. The van der Waals surface area contributed by atoms with Crippen LogP contribution in [-0.2, 0) is 0 Å². The lowest BCUT2D eigenvalue weighted by molar-refractivity contribution is 1.27. The molecule has 132 heavy (non-hydrogen) atoms. The summed E-state index contributed by atoms with van der Waals surface area (Å²) >= 11 is 0. The first kappa shape index (κ1) is 75.5. The Kier molecular flexibility index (Phi) is 17.8. The van der Waals surface area contributed by atoms with Crippen LogP contribution >= 0.6 is 0 Å². The van der Waals surface area contributed by atoms with Gasteiger partial charge in [-0.3, -0.25) is 15.0 Å². The van der Waals surface area contributed by atoms with Crippen LogP contribution in [0.25, 0.3) is 276 Å². The summed E-state index contributed by atoms with van der Waals surface area (Å²) in [5.74, 6) is 0. The summed E-state index contributed by atoms with van der Waals surface area (Å²) in [4.78, 5) is 44.0. The maximum absolute atomic E-state index is 5.20. The fraction of sp³-hybridized carbons (Fsp3) is 0. The molecule has 0 saturated carbocycles. The summed E-state index contributed by atoms with van der Waals surface area (Å²) in [6.45, 7) is 0. The molecule has 0 bridgehead atoms. The Labute approximate surface area is 759 Å². The molecular weight excluding hydrogens is 1600 g/mol. The number of hydrogen-bond donors (Lipinski definition) is 0. The Morgan fingerprint density at radius 2 is 0.439 bits per heavy atom. The Morgan fingerprint density at radius 3 is 0.886 bits per heavy atom. The van der Waals surface area contributed by atoms with Crippen molar-refractivity contribution in [3.8, 4) is 157 Å². The summed E-state index contributed by atoms with van der Waals surface area (Å²) in [6.07, 6.45) is 7.25. The summed E-state index contributed by atoms with van der Waals surface area (Å²) in [5.41, 5.74) is 37.0. The van der Waals surface area contributed by atoms with Crippen molar-refractivity contribution in [2.75, 3.05) is 0 Å². The minimum Gasteiger partial charge on any atom is -0.264 e. The number of pyridine rings is 9. The maximum atomic E-state index is 5.20. The summed E-state index contributed by atoms with van der Waals surface area (Å²) in [5, 5.41) is 19.5. The predicted molar refractivity (Wildman–Crippen MR) is 546 cm³/mol. The van der Waals surface area contributed by atoms with Gasteiger partial charge in [0.25, 0.3) is 0 Å². The molecule has 0 N–H and O–H groups in total. The van der Waals surface area contributed by atoms with Gasteiger partial charge in [0.1, 0.15) is 0 Å². The van der Waals surface area contributed by atoms with Crippen LogP contribution < -0.4 is 0 Å². The molecule has 9 heteroatoms. The molecule has 2 aliphatic rings. The fourth-order valence-electron chi connectivity index (χ4n) is 20.2. The number of benzene rings is 17. The van der Waals surface area contributed by atoms with E-state index in [-0.39, 0.29) is 0 Å². The molecule has 26 aromatic rings. The number of rotatable bonds is 10. The largest absolute Gasteiger partial charge is 0.264 e. The molecule has 28 rings (SSSR count). The molecular formula is C123H73N9. The molecule has 0 radical (unpaired) electrons. The second-order valence-corrected chi connectivity index (χ2v) is 34.1. The monoisotopic (exact) mass is 1680 g/mol.